The molecular formula is C18H34N6S. The summed E-state index contributed by atoms with van der Waals surface area (Å²) in [7, 11) is 1.99. The van der Waals surface area contributed by atoms with Crippen molar-refractivity contribution in [2.24, 2.45) is 18.0 Å². The summed E-state index contributed by atoms with van der Waals surface area (Å²) in [4.78, 5) is 4.78. The number of thioether (sulfide) groups is 1. The Balaban J connectivity index is 1.96. The van der Waals surface area contributed by atoms with Crippen molar-refractivity contribution in [2.75, 3.05) is 18.6 Å². The van der Waals surface area contributed by atoms with Crippen LogP contribution in [0.15, 0.2) is 4.99 Å². The molecule has 0 bridgehead atoms. The van der Waals surface area contributed by atoms with E-state index in [2.05, 4.69) is 34.0 Å². The molecule has 0 radical (unpaired) electrons. The molecule has 0 aliphatic heterocycles. The molecule has 1 aromatic rings. The van der Waals surface area contributed by atoms with Crippen LogP contribution in [0.4, 0.5) is 0 Å². The zero-order chi connectivity index (χ0) is 18.1. The van der Waals surface area contributed by atoms with E-state index in [9.17, 15) is 0 Å². The highest BCUT2D eigenvalue weighted by molar-refractivity contribution is 7.98. The first-order valence-corrected chi connectivity index (χ1v) is 10.9. The largest absolute Gasteiger partial charge is 0.356 e. The Hall–Kier alpha value is -1.24. The van der Waals surface area contributed by atoms with Crippen molar-refractivity contribution >= 4 is 17.7 Å². The van der Waals surface area contributed by atoms with Gasteiger partial charge in [-0.25, -0.2) is 4.99 Å². The maximum atomic E-state index is 4.78. The highest BCUT2D eigenvalue weighted by Crippen LogP contribution is 2.26. The van der Waals surface area contributed by atoms with Crippen LogP contribution in [0, 0.1) is 12.8 Å². The molecule has 142 valence electrons. The molecule has 2 N–H and O–H groups in total. The number of hydrogen-bond donors (Lipinski definition) is 2. The number of hydrogen-bond acceptors (Lipinski definition) is 4. The molecule has 1 heterocycles. The second-order valence-corrected chi connectivity index (χ2v) is 7.93. The standard InChI is InChI=1S/C18H34N6S/c1-5-15-8-6-9-16(12-15)21-18(19-10-7-11-25-4)20-13-17-23-22-14(2)24(17)3/h15-16H,5-13H2,1-4H3,(H2,19,20,21). The van der Waals surface area contributed by atoms with Crippen LogP contribution < -0.4 is 10.6 Å². The van der Waals surface area contributed by atoms with Gasteiger partial charge >= 0.3 is 0 Å². The monoisotopic (exact) mass is 366 g/mol. The Morgan fingerprint density at radius 1 is 1.36 bits per heavy atom. The molecule has 1 saturated carbocycles. The van der Waals surface area contributed by atoms with Crippen LogP contribution in [0.25, 0.3) is 0 Å². The molecule has 1 aliphatic rings. The molecule has 0 amide bonds. The van der Waals surface area contributed by atoms with Crippen molar-refractivity contribution in [3.63, 3.8) is 0 Å². The van der Waals surface area contributed by atoms with Gasteiger partial charge in [0.15, 0.2) is 11.8 Å². The van der Waals surface area contributed by atoms with Gasteiger partial charge in [0.05, 0.1) is 0 Å². The lowest BCUT2D eigenvalue weighted by molar-refractivity contribution is 0.298. The van der Waals surface area contributed by atoms with Crippen molar-refractivity contribution in [1.29, 1.82) is 0 Å². The Kier molecular flexibility index (Phi) is 8.58. The molecule has 1 aromatic heterocycles. The predicted molar refractivity (Wildman–Crippen MR) is 107 cm³/mol. The van der Waals surface area contributed by atoms with Gasteiger partial charge in [-0.1, -0.05) is 26.2 Å². The van der Waals surface area contributed by atoms with Gasteiger partial charge in [-0.15, -0.1) is 10.2 Å². The van der Waals surface area contributed by atoms with Gasteiger partial charge in [-0.05, 0) is 44.1 Å². The summed E-state index contributed by atoms with van der Waals surface area (Å²) in [6.45, 7) is 5.78. The number of guanidine groups is 1. The van der Waals surface area contributed by atoms with Crippen LogP contribution in [0.1, 0.15) is 57.1 Å². The third kappa shape index (κ3) is 6.53. The van der Waals surface area contributed by atoms with Crippen LogP contribution in [0.2, 0.25) is 0 Å². The molecule has 1 fully saturated rings. The summed E-state index contributed by atoms with van der Waals surface area (Å²) in [6.07, 6.45) is 9.77. The van der Waals surface area contributed by atoms with E-state index in [1.54, 1.807) is 0 Å². The Labute approximate surface area is 156 Å². The minimum atomic E-state index is 0.534. The van der Waals surface area contributed by atoms with Gasteiger partial charge in [0.2, 0.25) is 0 Å². The fraction of sp³-hybridized carbons (Fsp3) is 0.833. The van der Waals surface area contributed by atoms with Gasteiger partial charge < -0.3 is 15.2 Å². The minimum Gasteiger partial charge on any atom is -0.356 e. The fourth-order valence-electron chi connectivity index (χ4n) is 3.30. The smallest absolute Gasteiger partial charge is 0.191 e. The fourth-order valence-corrected chi connectivity index (χ4v) is 3.73. The summed E-state index contributed by atoms with van der Waals surface area (Å²) in [6, 6.07) is 0.534. The maximum absolute atomic E-state index is 4.78. The zero-order valence-corrected chi connectivity index (χ0v) is 17.0. The normalized spacial score (nSPS) is 21.4. The average Bonchev–Trinajstić information content (AvgIpc) is 2.95. The van der Waals surface area contributed by atoms with Crippen molar-refractivity contribution in [3.05, 3.63) is 11.6 Å². The van der Waals surface area contributed by atoms with E-state index in [1.807, 2.05) is 30.3 Å². The maximum Gasteiger partial charge on any atom is 0.191 e. The SMILES string of the molecule is CCC1CCCC(NC(=NCc2nnc(C)n2C)NCCCSC)C1. The Morgan fingerprint density at radius 2 is 2.20 bits per heavy atom. The summed E-state index contributed by atoms with van der Waals surface area (Å²) >= 11 is 1.89. The van der Waals surface area contributed by atoms with E-state index in [0.717, 1.165) is 36.5 Å². The molecule has 2 unspecified atom stereocenters. The summed E-state index contributed by atoms with van der Waals surface area (Å²) in [5.74, 6) is 4.77. The number of aromatic nitrogens is 3. The Morgan fingerprint density at radius 3 is 2.88 bits per heavy atom. The van der Waals surface area contributed by atoms with Crippen LogP contribution >= 0.6 is 11.8 Å². The quantitative estimate of drug-likeness (QED) is 0.421. The van der Waals surface area contributed by atoms with Crippen LogP contribution in [-0.2, 0) is 13.6 Å². The predicted octanol–water partition coefficient (Wildman–Crippen LogP) is 2.88. The molecule has 6 nitrogen and oxygen atoms in total. The second kappa shape index (κ2) is 10.7. The van der Waals surface area contributed by atoms with Gasteiger partial charge in [0, 0.05) is 19.6 Å². The molecule has 2 atom stereocenters. The summed E-state index contributed by atoms with van der Waals surface area (Å²) in [5, 5.41) is 15.5. The summed E-state index contributed by atoms with van der Waals surface area (Å²) in [5.41, 5.74) is 0. The number of rotatable bonds is 8. The molecule has 25 heavy (non-hydrogen) atoms. The van der Waals surface area contributed by atoms with Crippen LogP contribution in [0.3, 0.4) is 0 Å². The Bertz CT molecular complexity index is 542. The van der Waals surface area contributed by atoms with E-state index in [0.29, 0.717) is 12.6 Å². The van der Waals surface area contributed by atoms with E-state index in [-0.39, 0.29) is 0 Å². The van der Waals surface area contributed by atoms with Gasteiger partial charge in [-0.3, -0.25) is 0 Å². The van der Waals surface area contributed by atoms with Gasteiger partial charge in [0.1, 0.15) is 12.4 Å². The topological polar surface area (TPSA) is 67.1 Å². The first-order chi connectivity index (χ1) is 12.1. The average molecular weight is 367 g/mol. The number of nitrogens with zero attached hydrogens (tertiary/aromatic N) is 4. The van der Waals surface area contributed by atoms with E-state index in [1.165, 1.54) is 37.9 Å². The first-order valence-electron chi connectivity index (χ1n) is 9.52. The van der Waals surface area contributed by atoms with Crippen molar-refractivity contribution in [2.45, 2.75) is 65.0 Å². The van der Waals surface area contributed by atoms with Crippen LogP contribution in [-0.4, -0.2) is 45.3 Å². The van der Waals surface area contributed by atoms with Gasteiger partial charge in [-0.2, -0.15) is 11.8 Å². The van der Waals surface area contributed by atoms with Crippen molar-refractivity contribution in [3.8, 4) is 0 Å². The molecule has 0 spiro atoms. The highest BCUT2D eigenvalue weighted by atomic mass is 32.2. The number of nitrogens with one attached hydrogen (secondary N) is 2. The second-order valence-electron chi connectivity index (χ2n) is 6.94. The van der Waals surface area contributed by atoms with E-state index >= 15 is 0 Å². The lowest BCUT2D eigenvalue weighted by atomic mass is 9.84. The number of aryl methyl sites for hydroxylation is 1. The number of aliphatic imine (C=N–C) groups is 1. The zero-order valence-electron chi connectivity index (χ0n) is 16.2. The van der Waals surface area contributed by atoms with E-state index in [4.69, 9.17) is 4.99 Å². The highest BCUT2D eigenvalue weighted by Gasteiger charge is 2.21. The molecular weight excluding hydrogens is 332 g/mol. The molecule has 2 rings (SSSR count). The first kappa shape index (κ1) is 20.1. The molecule has 7 heteroatoms. The van der Waals surface area contributed by atoms with Crippen LogP contribution in [0.5, 0.6) is 0 Å². The minimum absolute atomic E-state index is 0.534. The lowest BCUT2D eigenvalue weighted by Gasteiger charge is -2.30. The molecule has 0 saturated heterocycles. The lowest BCUT2D eigenvalue weighted by Crippen LogP contribution is -2.45. The summed E-state index contributed by atoms with van der Waals surface area (Å²) < 4.78 is 2.00. The third-order valence-corrected chi connectivity index (χ3v) is 5.78. The molecule has 1 aliphatic carbocycles. The molecule has 0 aromatic carbocycles. The van der Waals surface area contributed by atoms with Gasteiger partial charge in [0.25, 0.3) is 0 Å². The van der Waals surface area contributed by atoms with Crippen molar-refractivity contribution < 1.29 is 0 Å². The van der Waals surface area contributed by atoms with E-state index < -0.39 is 0 Å². The third-order valence-electron chi connectivity index (χ3n) is 5.08. The van der Waals surface area contributed by atoms with Crippen molar-refractivity contribution in [1.82, 2.24) is 25.4 Å².